The molecule has 1 unspecified atom stereocenters. The molecular weight excluding hydrogens is 439 g/mol. The Morgan fingerprint density at radius 1 is 1.30 bits per heavy atom. The Labute approximate surface area is 190 Å². The number of carboxylic acid groups (broad SMARTS) is 1. The maximum Gasteiger partial charge on any atom is 0.430 e. The van der Waals surface area contributed by atoms with Gasteiger partial charge in [-0.2, -0.15) is 13.2 Å². The number of carbonyl (C=O) groups excluding carboxylic acids is 1. The zero-order valence-electron chi connectivity index (χ0n) is 18.9. The van der Waals surface area contributed by atoms with Gasteiger partial charge in [0, 0.05) is 31.4 Å². The average Bonchev–Trinajstić information content (AvgIpc) is 3.49. The molecule has 2 bridgehead atoms. The number of likely N-dealkylation sites (N-methyl/N-ethyl adjacent to an activating group) is 1. The Kier molecular flexibility index (Phi) is 5.00. The number of phenols is 1. The minimum absolute atomic E-state index is 0.0619. The normalized spacial score (nSPS) is 38.0. The number of carbonyl (C=O) groups is 1. The molecule has 2 heterocycles. The lowest BCUT2D eigenvalue weighted by Crippen LogP contribution is -2.80. The Morgan fingerprint density at radius 3 is 2.61 bits per heavy atom. The first-order chi connectivity index (χ1) is 15.5. The van der Waals surface area contributed by atoms with E-state index in [0.717, 1.165) is 48.3 Å². The standard InChI is InChI=1S/C22H29NO3.C2HF3O2/c1-23(13-14-5-6-14)11-10-21-18-4-3-9-22(21,25-2)17(23)12-15-7-8-16(24)20(26-18)19(15)21;3-2(4,5)1(6)7/h7-8,14,17-18H,3-6,9-13H2,1-2H3;(H,6,7)/t17-,18+,21-,22-,23?;/m1./s1. The van der Waals surface area contributed by atoms with Crippen LogP contribution in [0.2, 0.25) is 0 Å². The predicted molar refractivity (Wildman–Crippen MR) is 110 cm³/mol. The van der Waals surface area contributed by atoms with Gasteiger partial charge in [-0.05, 0) is 43.7 Å². The van der Waals surface area contributed by atoms with Crippen molar-refractivity contribution in [3.8, 4) is 11.5 Å². The third kappa shape index (κ3) is 3.11. The van der Waals surface area contributed by atoms with E-state index in [0.29, 0.717) is 11.8 Å². The number of phenolic OH excluding ortho intramolecular Hbond substituents is 1. The number of likely N-dealkylation sites (tertiary alicyclic amines) is 1. The van der Waals surface area contributed by atoms with Gasteiger partial charge >= 0.3 is 6.18 Å². The first kappa shape index (κ1) is 22.8. The van der Waals surface area contributed by atoms with Crippen LogP contribution in [0.15, 0.2) is 12.1 Å². The Balaban J connectivity index is 0.000000287. The van der Waals surface area contributed by atoms with E-state index in [1.807, 2.05) is 13.2 Å². The van der Waals surface area contributed by atoms with Gasteiger partial charge in [-0.15, -0.1) is 0 Å². The number of aromatic hydroxyl groups is 1. The van der Waals surface area contributed by atoms with Crippen molar-refractivity contribution < 1.29 is 42.1 Å². The fourth-order valence-electron chi connectivity index (χ4n) is 7.53. The van der Waals surface area contributed by atoms with E-state index in [1.165, 1.54) is 37.1 Å². The lowest BCUT2D eigenvalue weighted by Gasteiger charge is -2.66. The number of hydrogen-bond donors (Lipinski definition) is 1. The maximum absolute atomic E-state index is 10.5. The van der Waals surface area contributed by atoms with E-state index >= 15 is 0 Å². The molecule has 33 heavy (non-hydrogen) atoms. The third-order valence-electron chi connectivity index (χ3n) is 8.94. The van der Waals surface area contributed by atoms with Gasteiger partial charge in [0.1, 0.15) is 23.7 Å². The summed E-state index contributed by atoms with van der Waals surface area (Å²) in [5, 5.41) is 19.3. The van der Waals surface area contributed by atoms with E-state index in [2.05, 4.69) is 13.1 Å². The molecule has 0 amide bonds. The highest BCUT2D eigenvalue weighted by molar-refractivity contribution is 5.70. The number of aliphatic carboxylic acids is 1. The minimum atomic E-state index is -5.19. The number of piperidine rings is 1. The molecule has 1 saturated heterocycles. The molecule has 6 rings (SSSR count). The van der Waals surface area contributed by atoms with Crippen molar-refractivity contribution in [2.45, 2.75) is 74.3 Å². The van der Waals surface area contributed by atoms with Gasteiger partial charge in [-0.3, -0.25) is 0 Å². The molecular formula is C24H30F3NO5. The van der Waals surface area contributed by atoms with E-state index in [1.54, 1.807) is 0 Å². The van der Waals surface area contributed by atoms with E-state index in [9.17, 15) is 18.3 Å². The summed E-state index contributed by atoms with van der Waals surface area (Å²) in [6.07, 6.45) is 3.32. The van der Waals surface area contributed by atoms with Crippen LogP contribution in [-0.2, 0) is 21.4 Å². The van der Waals surface area contributed by atoms with Crippen LogP contribution in [0, 0.1) is 5.92 Å². The van der Waals surface area contributed by atoms with Gasteiger partial charge in [-0.25, -0.2) is 0 Å². The molecule has 3 fully saturated rings. The molecule has 5 aliphatic rings. The summed E-state index contributed by atoms with van der Waals surface area (Å²) in [6.45, 7) is 2.51. The minimum Gasteiger partial charge on any atom is -0.542 e. The highest BCUT2D eigenvalue weighted by Crippen LogP contribution is 2.67. The molecule has 2 aliphatic heterocycles. The summed E-state index contributed by atoms with van der Waals surface area (Å²) in [7, 11) is 4.43. The molecule has 1 N–H and O–H groups in total. The van der Waals surface area contributed by atoms with Gasteiger partial charge in [-0.1, -0.05) is 6.07 Å². The number of hydrogen-bond acceptors (Lipinski definition) is 5. The first-order valence-corrected chi connectivity index (χ1v) is 11.7. The zero-order chi connectivity index (χ0) is 23.8. The highest BCUT2D eigenvalue weighted by Gasteiger charge is 2.75. The Bertz CT molecular complexity index is 980. The molecule has 6 nitrogen and oxygen atoms in total. The monoisotopic (exact) mass is 469 g/mol. The summed E-state index contributed by atoms with van der Waals surface area (Å²) in [5.41, 5.74) is 2.50. The van der Waals surface area contributed by atoms with Crippen molar-refractivity contribution in [1.29, 1.82) is 0 Å². The van der Waals surface area contributed by atoms with Gasteiger partial charge in [0.15, 0.2) is 11.5 Å². The van der Waals surface area contributed by atoms with Crippen molar-refractivity contribution in [2.24, 2.45) is 5.92 Å². The number of ether oxygens (including phenoxy) is 2. The number of halogens is 3. The summed E-state index contributed by atoms with van der Waals surface area (Å²) in [5.74, 6) is -1.00. The van der Waals surface area contributed by atoms with E-state index in [4.69, 9.17) is 19.4 Å². The van der Waals surface area contributed by atoms with Crippen molar-refractivity contribution in [3.63, 3.8) is 0 Å². The van der Waals surface area contributed by atoms with Crippen LogP contribution in [0.1, 0.15) is 49.7 Å². The molecule has 1 spiro atoms. The summed E-state index contributed by atoms with van der Waals surface area (Å²) in [4.78, 5) is 8.78. The van der Waals surface area contributed by atoms with Gasteiger partial charge in [0.2, 0.25) is 0 Å². The summed E-state index contributed by atoms with van der Waals surface area (Å²) >= 11 is 0. The summed E-state index contributed by atoms with van der Waals surface area (Å²) < 4.78 is 45.7. The fraction of sp³-hybridized carbons (Fsp3) is 0.708. The SMILES string of the molecule is CO[C@@]12CCC[C@@H]3Oc4c(O)ccc5c4[C@@]31CC[N+](C)(CC1CC1)[C@@H]2C5.O=C([O-])C(F)(F)F. The molecule has 1 aromatic rings. The van der Waals surface area contributed by atoms with E-state index in [-0.39, 0.29) is 17.1 Å². The van der Waals surface area contributed by atoms with Gasteiger partial charge in [0.05, 0.1) is 25.6 Å². The third-order valence-corrected chi connectivity index (χ3v) is 8.94. The average molecular weight is 470 g/mol. The van der Waals surface area contributed by atoms with Crippen LogP contribution in [0.25, 0.3) is 0 Å². The molecule has 1 aromatic carbocycles. The number of quaternary nitrogens is 1. The topological polar surface area (TPSA) is 78.8 Å². The smallest absolute Gasteiger partial charge is 0.430 e. The number of carboxylic acids is 1. The van der Waals surface area contributed by atoms with Crippen molar-refractivity contribution in [3.05, 3.63) is 23.3 Å². The molecule has 0 aromatic heterocycles. The zero-order valence-corrected chi connectivity index (χ0v) is 18.9. The lowest BCUT2D eigenvalue weighted by molar-refractivity contribution is -0.950. The Morgan fingerprint density at radius 2 is 2.00 bits per heavy atom. The quantitative estimate of drug-likeness (QED) is 0.688. The molecule has 0 radical (unpaired) electrons. The van der Waals surface area contributed by atoms with Gasteiger partial charge < -0.3 is 29.0 Å². The van der Waals surface area contributed by atoms with Crippen LogP contribution in [0.4, 0.5) is 13.2 Å². The predicted octanol–water partition coefficient (Wildman–Crippen LogP) is 2.44. The van der Waals surface area contributed by atoms with Crippen LogP contribution >= 0.6 is 0 Å². The lowest BCUT2D eigenvalue weighted by atomic mass is 9.48. The number of methoxy groups -OCH3 is 1. The second-order valence-corrected chi connectivity index (χ2v) is 10.6. The number of rotatable bonds is 3. The van der Waals surface area contributed by atoms with Crippen molar-refractivity contribution in [1.82, 2.24) is 0 Å². The fourth-order valence-corrected chi connectivity index (χ4v) is 7.53. The van der Waals surface area contributed by atoms with Crippen LogP contribution < -0.4 is 9.84 Å². The summed E-state index contributed by atoms with van der Waals surface area (Å²) in [6, 6.07) is 4.51. The molecule has 9 heteroatoms. The molecule has 2 saturated carbocycles. The highest BCUT2D eigenvalue weighted by atomic mass is 19.4. The van der Waals surface area contributed by atoms with Crippen LogP contribution in [0.5, 0.6) is 11.5 Å². The number of alkyl halides is 3. The first-order valence-electron chi connectivity index (χ1n) is 11.7. The van der Waals surface area contributed by atoms with E-state index < -0.39 is 12.1 Å². The molecule has 3 aliphatic carbocycles. The maximum atomic E-state index is 10.5. The number of nitrogens with zero attached hydrogens (tertiary/aromatic N) is 1. The van der Waals surface area contributed by atoms with Crippen molar-refractivity contribution >= 4 is 5.97 Å². The van der Waals surface area contributed by atoms with Crippen LogP contribution in [0.3, 0.4) is 0 Å². The Hall–Kier alpha value is -2.00. The molecule has 182 valence electrons. The number of benzene rings is 1. The molecule has 5 atom stereocenters. The van der Waals surface area contributed by atoms with Gasteiger partial charge in [0.25, 0.3) is 0 Å². The van der Waals surface area contributed by atoms with Crippen LogP contribution in [-0.4, -0.2) is 66.7 Å². The second-order valence-electron chi connectivity index (χ2n) is 10.6. The van der Waals surface area contributed by atoms with Crippen molar-refractivity contribution in [2.75, 3.05) is 27.2 Å². The second kappa shape index (κ2) is 7.25. The largest absolute Gasteiger partial charge is 0.542 e.